The first-order valence-corrected chi connectivity index (χ1v) is 9.90. The summed E-state index contributed by atoms with van der Waals surface area (Å²) in [6.07, 6.45) is 2.65. The maximum absolute atomic E-state index is 4.48. The van der Waals surface area contributed by atoms with Gasteiger partial charge < -0.3 is 5.32 Å². The van der Waals surface area contributed by atoms with E-state index in [1.807, 2.05) is 0 Å². The summed E-state index contributed by atoms with van der Waals surface area (Å²) in [5.41, 5.74) is 0. The van der Waals surface area contributed by atoms with Crippen LogP contribution in [0, 0.1) is 0 Å². The van der Waals surface area contributed by atoms with Crippen molar-refractivity contribution in [3.63, 3.8) is 0 Å². The molecule has 4 unspecified atom stereocenters. The number of aromatic nitrogens is 3. The molecule has 0 aliphatic carbocycles. The van der Waals surface area contributed by atoms with Crippen molar-refractivity contribution in [1.82, 2.24) is 20.1 Å². The van der Waals surface area contributed by atoms with E-state index >= 15 is 0 Å². The Morgan fingerprint density at radius 3 is 2.76 bits per heavy atom. The largest absolute Gasteiger partial charge is 0.313 e. The molecule has 0 radical (unpaired) electrons. The Bertz CT molecular complexity index is 435. The monoisotopic (exact) mass is 328 g/mol. The molecule has 1 aliphatic heterocycles. The summed E-state index contributed by atoms with van der Waals surface area (Å²) in [5, 5.41) is 10.2. The maximum Gasteiger partial charge on any atom is 0.138 e. The van der Waals surface area contributed by atoms with Gasteiger partial charge in [0.2, 0.25) is 0 Å². The third-order valence-corrected chi connectivity index (χ3v) is 7.58. The van der Waals surface area contributed by atoms with Crippen LogP contribution < -0.4 is 5.32 Å². The molecule has 1 aromatic rings. The van der Waals surface area contributed by atoms with Crippen LogP contribution in [0.25, 0.3) is 0 Å². The minimum atomic E-state index is 0.372. The lowest BCUT2D eigenvalue weighted by molar-refractivity contribution is 0.459. The Hall–Kier alpha value is -0.200. The lowest BCUT2D eigenvalue weighted by atomic mass is 10.1. The minimum absolute atomic E-state index is 0.372. The Balaban J connectivity index is 2.06. The van der Waals surface area contributed by atoms with Crippen LogP contribution in [0.4, 0.5) is 0 Å². The van der Waals surface area contributed by atoms with Gasteiger partial charge in [-0.15, -0.1) is 0 Å². The van der Waals surface area contributed by atoms with Gasteiger partial charge in [0.1, 0.15) is 12.2 Å². The fourth-order valence-corrected chi connectivity index (χ4v) is 5.79. The zero-order chi connectivity index (χ0) is 15.4. The topological polar surface area (TPSA) is 42.7 Å². The summed E-state index contributed by atoms with van der Waals surface area (Å²) in [5.74, 6) is 2.33. The Kier molecular flexibility index (Phi) is 6.44. The molecule has 0 aromatic carbocycles. The average molecular weight is 329 g/mol. The number of nitrogens with one attached hydrogen (secondary N) is 1. The van der Waals surface area contributed by atoms with Gasteiger partial charge in [-0.2, -0.15) is 28.6 Å². The summed E-state index contributed by atoms with van der Waals surface area (Å²) in [4.78, 5) is 4.48. The molecule has 0 spiro atoms. The lowest BCUT2D eigenvalue weighted by Crippen LogP contribution is -2.45. The predicted molar refractivity (Wildman–Crippen MR) is 94.3 cm³/mol. The molecular weight excluding hydrogens is 300 g/mol. The third kappa shape index (κ3) is 4.39. The molecule has 0 bridgehead atoms. The van der Waals surface area contributed by atoms with E-state index in [1.54, 1.807) is 6.33 Å². The smallest absolute Gasteiger partial charge is 0.138 e. The van der Waals surface area contributed by atoms with Crippen LogP contribution in [0.15, 0.2) is 6.33 Å². The van der Waals surface area contributed by atoms with E-state index in [1.165, 1.54) is 5.75 Å². The van der Waals surface area contributed by atoms with Gasteiger partial charge in [-0.1, -0.05) is 20.8 Å². The molecule has 1 fully saturated rings. The van der Waals surface area contributed by atoms with Gasteiger partial charge in [0.15, 0.2) is 0 Å². The molecular formula is C15H28N4S2. The van der Waals surface area contributed by atoms with Crippen molar-refractivity contribution in [3.8, 4) is 0 Å². The van der Waals surface area contributed by atoms with Crippen molar-refractivity contribution in [2.45, 2.75) is 68.9 Å². The van der Waals surface area contributed by atoms with E-state index in [0.717, 1.165) is 29.3 Å². The zero-order valence-corrected chi connectivity index (χ0v) is 15.4. The van der Waals surface area contributed by atoms with Gasteiger partial charge in [-0.3, -0.25) is 0 Å². The number of hydrogen-bond donors (Lipinski definition) is 1. The molecule has 120 valence electrons. The summed E-state index contributed by atoms with van der Waals surface area (Å²) in [6.45, 7) is 12.2. The number of hydrogen-bond acceptors (Lipinski definition) is 5. The molecule has 4 atom stereocenters. The Morgan fingerprint density at radius 1 is 1.38 bits per heavy atom. The molecule has 1 aromatic heterocycles. The highest BCUT2D eigenvalue weighted by Crippen LogP contribution is 2.37. The normalized spacial score (nSPS) is 28.0. The van der Waals surface area contributed by atoms with Crippen molar-refractivity contribution >= 4 is 23.5 Å². The van der Waals surface area contributed by atoms with E-state index in [-0.39, 0.29) is 0 Å². The predicted octanol–water partition coefficient (Wildman–Crippen LogP) is 3.01. The van der Waals surface area contributed by atoms with Crippen LogP contribution >= 0.6 is 23.5 Å². The van der Waals surface area contributed by atoms with Gasteiger partial charge >= 0.3 is 0 Å². The fraction of sp³-hybridized carbons (Fsp3) is 0.867. The first-order valence-electron chi connectivity index (χ1n) is 7.91. The summed E-state index contributed by atoms with van der Waals surface area (Å²) in [6, 6.07) is 0.848. The van der Waals surface area contributed by atoms with Crippen LogP contribution in [0.2, 0.25) is 0 Å². The van der Waals surface area contributed by atoms with Crippen molar-refractivity contribution in [2.24, 2.45) is 0 Å². The van der Waals surface area contributed by atoms with Crippen LogP contribution in [-0.2, 0) is 6.42 Å². The first kappa shape index (κ1) is 17.2. The SMILES string of the molecule is CCNC(Cc1ncnn1C(C)C)C1CSC(C)C(C)S1. The summed E-state index contributed by atoms with van der Waals surface area (Å²) in [7, 11) is 0. The molecule has 2 heterocycles. The fourth-order valence-electron chi connectivity index (χ4n) is 2.66. The minimum Gasteiger partial charge on any atom is -0.313 e. The van der Waals surface area contributed by atoms with E-state index < -0.39 is 0 Å². The molecule has 0 amide bonds. The highest BCUT2D eigenvalue weighted by molar-refractivity contribution is 8.07. The molecule has 1 saturated heterocycles. The molecule has 1 N–H and O–H groups in total. The van der Waals surface area contributed by atoms with Gasteiger partial charge in [0, 0.05) is 40.0 Å². The lowest BCUT2D eigenvalue weighted by Gasteiger charge is -2.36. The van der Waals surface area contributed by atoms with Gasteiger partial charge in [0.05, 0.1) is 0 Å². The molecule has 0 saturated carbocycles. The molecule has 21 heavy (non-hydrogen) atoms. The van der Waals surface area contributed by atoms with Crippen molar-refractivity contribution in [3.05, 3.63) is 12.2 Å². The third-order valence-electron chi connectivity index (χ3n) is 4.03. The first-order chi connectivity index (χ1) is 10.0. The summed E-state index contributed by atoms with van der Waals surface area (Å²) < 4.78 is 2.05. The van der Waals surface area contributed by atoms with Gasteiger partial charge in [0.25, 0.3) is 0 Å². The van der Waals surface area contributed by atoms with Crippen molar-refractivity contribution in [2.75, 3.05) is 12.3 Å². The van der Waals surface area contributed by atoms with E-state index in [4.69, 9.17) is 0 Å². The van der Waals surface area contributed by atoms with E-state index in [9.17, 15) is 0 Å². The van der Waals surface area contributed by atoms with E-state index in [2.05, 4.69) is 78.2 Å². The number of nitrogens with zero attached hydrogens (tertiary/aromatic N) is 3. The van der Waals surface area contributed by atoms with Crippen LogP contribution in [0.5, 0.6) is 0 Å². The maximum atomic E-state index is 4.48. The molecule has 4 nitrogen and oxygen atoms in total. The number of thioether (sulfide) groups is 2. The average Bonchev–Trinajstić information content (AvgIpc) is 2.90. The van der Waals surface area contributed by atoms with Crippen LogP contribution in [0.3, 0.4) is 0 Å². The zero-order valence-electron chi connectivity index (χ0n) is 13.7. The number of rotatable bonds is 6. The highest BCUT2D eigenvalue weighted by atomic mass is 32.2. The van der Waals surface area contributed by atoms with Crippen molar-refractivity contribution in [1.29, 1.82) is 0 Å². The second kappa shape index (κ2) is 7.88. The molecule has 6 heteroatoms. The van der Waals surface area contributed by atoms with Gasteiger partial charge in [-0.05, 0) is 20.4 Å². The Labute approximate surface area is 137 Å². The molecule has 2 rings (SSSR count). The molecule has 1 aliphatic rings. The highest BCUT2D eigenvalue weighted by Gasteiger charge is 2.31. The van der Waals surface area contributed by atoms with Gasteiger partial charge in [-0.25, -0.2) is 9.67 Å². The summed E-state index contributed by atoms with van der Waals surface area (Å²) >= 11 is 4.25. The second-order valence-electron chi connectivity index (χ2n) is 6.00. The van der Waals surface area contributed by atoms with Crippen LogP contribution in [-0.4, -0.2) is 48.9 Å². The van der Waals surface area contributed by atoms with Crippen LogP contribution in [0.1, 0.15) is 46.5 Å². The van der Waals surface area contributed by atoms with E-state index in [0.29, 0.717) is 17.3 Å². The quantitative estimate of drug-likeness (QED) is 0.869. The standard InChI is InChI=1S/C15H28N4S2/c1-6-16-13(14-8-20-11(4)12(5)21-14)7-15-17-9-18-19(15)10(2)3/h9-14,16H,6-8H2,1-5H3. The Morgan fingerprint density at radius 2 is 2.14 bits per heavy atom. The number of likely N-dealkylation sites (N-methyl/N-ethyl adjacent to an activating group) is 1. The second-order valence-corrected chi connectivity index (χ2v) is 9.03. The van der Waals surface area contributed by atoms with Crippen molar-refractivity contribution < 1.29 is 0 Å².